The number of nitrogens with zero attached hydrogens (tertiary/aromatic N) is 1. The highest BCUT2D eigenvalue weighted by atomic mass is 35.5. The van der Waals surface area contributed by atoms with E-state index in [1.807, 2.05) is 0 Å². The monoisotopic (exact) mass is 195 g/mol. The average molecular weight is 196 g/mol. The van der Waals surface area contributed by atoms with Gasteiger partial charge in [-0.05, 0) is 30.5 Å². The summed E-state index contributed by atoms with van der Waals surface area (Å²) in [6.07, 6.45) is 0.326. The first-order valence-electron chi connectivity index (χ1n) is 3.92. The molecule has 0 fully saturated rings. The van der Waals surface area contributed by atoms with E-state index in [4.69, 9.17) is 16.9 Å². The minimum absolute atomic E-state index is 0.112. The molecule has 0 aliphatic heterocycles. The lowest BCUT2D eigenvalue weighted by molar-refractivity contribution is 0.470. The maximum absolute atomic E-state index is 9.46. The molecule has 1 aromatic rings. The third-order valence-corrected chi connectivity index (χ3v) is 2.52. The fourth-order valence-electron chi connectivity index (χ4n) is 1.20. The normalized spacial score (nSPS) is 9.69. The first-order valence-corrected chi connectivity index (χ1v) is 4.30. The molecule has 0 atom stereocenters. The summed E-state index contributed by atoms with van der Waals surface area (Å²) in [6, 6.07) is 3.85. The number of hydrogen-bond acceptors (Lipinski definition) is 2. The Morgan fingerprint density at radius 2 is 2.15 bits per heavy atom. The van der Waals surface area contributed by atoms with Crippen LogP contribution in [0.5, 0.6) is 5.75 Å². The second kappa shape index (κ2) is 3.68. The van der Waals surface area contributed by atoms with Gasteiger partial charge in [-0.25, -0.2) is 0 Å². The molecule has 13 heavy (non-hydrogen) atoms. The molecular weight excluding hydrogens is 186 g/mol. The second-order valence-corrected chi connectivity index (χ2v) is 3.35. The number of hydrogen-bond donors (Lipinski definition) is 1. The summed E-state index contributed by atoms with van der Waals surface area (Å²) in [6.45, 7) is 3.57. The fourth-order valence-corrected chi connectivity index (χ4v) is 1.47. The smallest absolute Gasteiger partial charge is 0.137 e. The van der Waals surface area contributed by atoms with Gasteiger partial charge in [0.2, 0.25) is 0 Å². The van der Waals surface area contributed by atoms with Gasteiger partial charge in [0, 0.05) is 0 Å². The number of nitriles is 1. The number of aryl methyl sites for hydroxylation is 1. The van der Waals surface area contributed by atoms with Crippen molar-refractivity contribution in [1.29, 1.82) is 5.26 Å². The molecule has 0 bridgehead atoms. The van der Waals surface area contributed by atoms with Gasteiger partial charge in [0.25, 0.3) is 0 Å². The van der Waals surface area contributed by atoms with E-state index in [1.165, 1.54) is 0 Å². The molecule has 0 aliphatic rings. The van der Waals surface area contributed by atoms with Crippen LogP contribution in [0.25, 0.3) is 0 Å². The molecule has 0 amide bonds. The number of aromatic hydroxyl groups is 1. The summed E-state index contributed by atoms with van der Waals surface area (Å²) < 4.78 is 0. The highest BCUT2D eigenvalue weighted by Crippen LogP contribution is 2.32. The molecule has 1 aromatic carbocycles. The van der Waals surface area contributed by atoms with Crippen LogP contribution in [0.4, 0.5) is 0 Å². The summed E-state index contributed by atoms with van der Waals surface area (Å²) in [5.41, 5.74) is 2.37. The van der Waals surface area contributed by atoms with Crippen LogP contribution in [0.3, 0.4) is 0 Å². The van der Waals surface area contributed by atoms with Crippen LogP contribution in [0.15, 0.2) is 6.07 Å². The molecule has 0 saturated carbocycles. The van der Waals surface area contributed by atoms with Crippen molar-refractivity contribution in [2.24, 2.45) is 0 Å². The summed E-state index contributed by atoms with van der Waals surface area (Å²) in [4.78, 5) is 0. The van der Waals surface area contributed by atoms with E-state index in [-0.39, 0.29) is 5.75 Å². The zero-order chi connectivity index (χ0) is 10.0. The molecule has 3 heteroatoms. The standard InChI is InChI=1S/C10H10ClNO/c1-6-5-8(3-4-12)7(2)9(11)10(6)13/h5,13H,3H2,1-2H3. The maximum Gasteiger partial charge on any atom is 0.137 e. The van der Waals surface area contributed by atoms with Crippen LogP contribution < -0.4 is 0 Å². The number of benzene rings is 1. The van der Waals surface area contributed by atoms with Crippen LogP contribution in [0.1, 0.15) is 16.7 Å². The van der Waals surface area contributed by atoms with Gasteiger partial charge in [0.15, 0.2) is 0 Å². The third kappa shape index (κ3) is 1.76. The summed E-state index contributed by atoms with van der Waals surface area (Å²) in [7, 11) is 0. The van der Waals surface area contributed by atoms with Crippen LogP contribution in [0, 0.1) is 25.2 Å². The quantitative estimate of drug-likeness (QED) is 0.749. The van der Waals surface area contributed by atoms with E-state index < -0.39 is 0 Å². The number of phenols is 1. The van der Waals surface area contributed by atoms with Gasteiger partial charge in [-0.2, -0.15) is 5.26 Å². The fraction of sp³-hybridized carbons (Fsp3) is 0.300. The third-order valence-electron chi connectivity index (χ3n) is 2.05. The Balaban J connectivity index is 3.34. The Labute approximate surface area is 82.4 Å². The zero-order valence-electron chi connectivity index (χ0n) is 7.56. The van der Waals surface area contributed by atoms with Crippen LogP contribution >= 0.6 is 11.6 Å². The van der Waals surface area contributed by atoms with Crippen molar-refractivity contribution in [1.82, 2.24) is 0 Å². The van der Waals surface area contributed by atoms with Crippen LogP contribution in [0.2, 0.25) is 5.02 Å². The van der Waals surface area contributed by atoms with Crippen molar-refractivity contribution in [2.45, 2.75) is 20.3 Å². The van der Waals surface area contributed by atoms with Crippen molar-refractivity contribution in [3.63, 3.8) is 0 Å². The minimum Gasteiger partial charge on any atom is -0.506 e. The first-order chi connectivity index (χ1) is 6.07. The number of rotatable bonds is 1. The van der Waals surface area contributed by atoms with E-state index in [9.17, 15) is 5.11 Å². The Morgan fingerprint density at radius 3 is 2.69 bits per heavy atom. The summed E-state index contributed by atoms with van der Waals surface area (Å²) >= 11 is 5.86. The molecule has 2 nitrogen and oxygen atoms in total. The molecule has 0 saturated heterocycles. The van der Waals surface area contributed by atoms with Crippen molar-refractivity contribution in [2.75, 3.05) is 0 Å². The minimum atomic E-state index is 0.112. The molecular formula is C10H10ClNO. The van der Waals surface area contributed by atoms with Gasteiger partial charge in [-0.3, -0.25) is 0 Å². The number of phenolic OH excluding ortho intramolecular Hbond substituents is 1. The van der Waals surface area contributed by atoms with E-state index in [0.29, 0.717) is 17.0 Å². The van der Waals surface area contributed by atoms with E-state index in [2.05, 4.69) is 6.07 Å². The van der Waals surface area contributed by atoms with E-state index in [1.54, 1.807) is 19.9 Å². The van der Waals surface area contributed by atoms with Crippen molar-refractivity contribution in [3.05, 3.63) is 27.8 Å². The molecule has 0 radical (unpaired) electrons. The maximum atomic E-state index is 9.46. The molecule has 68 valence electrons. The van der Waals surface area contributed by atoms with Gasteiger partial charge in [0.1, 0.15) is 5.75 Å². The molecule has 1 N–H and O–H groups in total. The van der Waals surface area contributed by atoms with E-state index in [0.717, 1.165) is 11.1 Å². The summed E-state index contributed by atoms with van der Waals surface area (Å²) in [5, 5.41) is 18.4. The summed E-state index contributed by atoms with van der Waals surface area (Å²) in [5.74, 6) is 0.112. The van der Waals surface area contributed by atoms with Crippen molar-refractivity contribution >= 4 is 11.6 Å². The lowest BCUT2D eigenvalue weighted by Gasteiger charge is -2.08. The van der Waals surface area contributed by atoms with Crippen molar-refractivity contribution < 1.29 is 5.11 Å². The molecule has 0 heterocycles. The predicted octanol–water partition coefficient (Wildman–Crippen LogP) is 2.73. The molecule has 0 spiro atoms. The Kier molecular flexibility index (Phi) is 2.79. The van der Waals surface area contributed by atoms with Crippen LogP contribution in [-0.4, -0.2) is 5.11 Å². The molecule has 0 aromatic heterocycles. The lowest BCUT2D eigenvalue weighted by atomic mass is 10.0. The Hall–Kier alpha value is -1.20. The van der Waals surface area contributed by atoms with Gasteiger partial charge < -0.3 is 5.11 Å². The van der Waals surface area contributed by atoms with Gasteiger partial charge in [0.05, 0.1) is 17.5 Å². The average Bonchev–Trinajstić information content (AvgIpc) is 2.11. The Morgan fingerprint density at radius 1 is 1.54 bits per heavy atom. The molecule has 1 rings (SSSR count). The molecule has 0 unspecified atom stereocenters. The number of halogens is 1. The van der Waals surface area contributed by atoms with Crippen LogP contribution in [-0.2, 0) is 6.42 Å². The SMILES string of the molecule is Cc1cc(CC#N)c(C)c(Cl)c1O. The van der Waals surface area contributed by atoms with Gasteiger partial charge >= 0.3 is 0 Å². The lowest BCUT2D eigenvalue weighted by Crippen LogP contribution is -1.91. The predicted molar refractivity (Wildman–Crippen MR) is 51.9 cm³/mol. The van der Waals surface area contributed by atoms with Crippen molar-refractivity contribution in [3.8, 4) is 11.8 Å². The first kappa shape index (κ1) is 9.88. The highest BCUT2D eigenvalue weighted by Gasteiger charge is 2.09. The highest BCUT2D eigenvalue weighted by molar-refractivity contribution is 6.33. The zero-order valence-corrected chi connectivity index (χ0v) is 8.31. The Bertz CT molecular complexity index is 379. The largest absolute Gasteiger partial charge is 0.506 e. The second-order valence-electron chi connectivity index (χ2n) is 2.98. The molecule has 0 aliphatic carbocycles. The van der Waals surface area contributed by atoms with E-state index >= 15 is 0 Å². The topological polar surface area (TPSA) is 44.0 Å². The van der Waals surface area contributed by atoms with Gasteiger partial charge in [-0.15, -0.1) is 0 Å². The van der Waals surface area contributed by atoms with Gasteiger partial charge in [-0.1, -0.05) is 17.7 Å².